The number of aromatic nitrogens is 1. The van der Waals surface area contributed by atoms with Crippen molar-refractivity contribution in [3.8, 4) is 6.07 Å². The van der Waals surface area contributed by atoms with Gasteiger partial charge in [-0.2, -0.15) is 5.26 Å². The van der Waals surface area contributed by atoms with Crippen molar-refractivity contribution < 1.29 is 0 Å². The molecule has 0 aliphatic heterocycles. The van der Waals surface area contributed by atoms with Crippen LogP contribution in [0.5, 0.6) is 0 Å². The summed E-state index contributed by atoms with van der Waals surface area (Å²) in [5.41, 5.74) is 8.77. The molecule has 19 heavy (non-hydrogen) atoms. The molecular weight excluding hydrogens is 236 g/mol. The summed E-state index contributed by atoms with van der Waals surface area (Å²) in [4.78, 5) is 4.43. The van der Waals surface area contributed by atoms with Crippen LogP contribution in [0.15, 0.2) is 6.07 Å². The fourth-order valence-electron chi connectivity index (χ4n) is 2.80. The molecule has 0 unspecified atom stereocenters. The third kappa shape index (κ3) is 3.24. The molecule has 0 spiro atoms. The molecule has 1 aromatic heterocycles. The first-order chi connectivity index (χ1) is 9.04. The van der Waals surface area contributed by atoms with Crippen LogP contribution >= 0.6 is 0 Å². The van der Waals surface area contributed by atoms with Crippen LogP contribution in [0.4, 0.5) is 5.82 Å². The highest BCUT2D eigenvalue weighted by Crippen LogP contribution is 2.27. The van der Waals surface area contributed by atoms with Crippen molar-refractivity contribution in [2.24, 2.45) is 5.73 Å². The van der Waals surface area contributed by atoms with Gasteiger partial charge in [0.15, 0.2) is 0 Å². The Labute approximate surface area is 115 Å². The first-order valence-corrected chi connectivity index (χ1v) is 6.95. The van der Waals surface area contributed by atoms with E-state index in [0.717, 1.165) is 24.1 Å². The zero-order chi connectivity index (χ0) is 13.9. The molecule has 3 N–H and O–H groups in total. The third-order valence-corrected chi connectivity index (χ3v) is 3.91. The maximum Gasteiger partial charge on any atom is 0.144 e. The first kappa shape index (κ1) is 13.8. The second kappa shape index (κ2) is 5.58. The lowest BCUT2D eigenvalue weighted by molar-refractivity contribution is 0.311. The van der Waals surface area contributed by atoms with E-state index in [2.05, 4.69) is 16.4 Å². The van der Waals surface area contributed by atoms with Crippen molar-refractivity contribution in [2.45, 2.75) is 51.5 Å². The van der Waals surface area contributed by atoms with Gasteiger partial charge >= 0.3 is 0 Å². The highest BCUT2D eigenvalue weighted by molar-refractivity contribution is 5.56. The summed E-state index contributed by atoms with van der Waals surface area (Å²) in [6, 6.07) is 4.16. The lowest BCUT2D eigenvalue weighted by atomic mass is 9.82. The molecule has 2 rings (SSSR count). The van der Waals surface area contributed by atoms with Crippen molar-refractivity contribution in [3.63, 3.8) is 0 Å². The lowest BCUT2D eigenvalue weighted by Gasteiger charge is -2.33. The summed E-state index contributed by atoms with van der Waals surface area (Å²) in [5.74, 6) is 0.676. The van der Waals surface area contributed by atoms with E-state index in [1.165, 1.54) is 19.3 Å². The average Bonchev–Trinajstić information content (AvgIpc) is 2.37. The molecule has 1 aliphatic carbocycles. The standard InChI is InChI=1S/C15H22N4/c1-11-8-12(2)19-14(13(11)9-16)18-10-15(17)6-4-3-5-7-15/h8H,3-7,10,17H2,1-2H3,(H,18,19). The maximum absolute atomic E-state index is 9.23. The number of pyridine rings is 1. The Balaban J connectivity index is 2.13. The molecule has 0 saturated heterocycles. The van der Waals surface area contributed by atoms with Crippen LogP contribution in [0.3, 0.4) is 0 Å². The van der Waals surface area contributed by atoms with E-state index in [1.54, 1.807) is 0 Å². The van der Waals surface area contributed by atoms with Crippen LogP contribution in [0.2, 0.25) is 0 Å². The molecule has 1 aliphatic rings. The molecule has 0 bridgehead atoms. The van der Waals surface area contributed by atoms with Crippen molar-refractivity contribution >= 4 is 5.82 Å². The summed E-state index contributed by atoms with van der Waals surface area (Å²) >= 11 is 0. The molecular formula is C15H22N4. The maximum atomic E-state index is 9.23. The quantitative estimate of drug-likeness (QED) is 0.874. The third-order valence-electron chi connectivity index (χ3n) is 3.91. The van der Waals surface area contributed by atoms with Gasteiger partial charge in [-0.25, -0.2) is 4.98 Å². The van der Waals surface area contributed by atoms with Gasteiger partial charge in [0.2, 0.25) is 0 Å². The molecule has 0 aromatic carbocycles. The van der Waals surface area contributed by atoms with Gasteiger partial charge in [0.25, 0.3) is 0 Å². The minimum absolute atomic E-state index is 0.149. The molecule has 0 atom stereocenters. The average molecular weight is 258 g/mol. The van der Waals surface area contributed by atoms with E-state index in [-0.39, 0.29) is 5.54 Å². The Morgan fingerprint density at radius 2 is 2.05 bits per heavy atom. The predicted octanol–water partition coefficient (Wildman–Crippen LogP) is 2.64. The second-order valence-corrected chi connectivity index (χ2v) is 5.69. The van der Waals surface area contributed by atoms with Crippen molar-refractivity contribution in [1.82, 2.24) is 4.98 Å². The van der Waals surface area contributed by atoms with E-state index in [1.807, 2.05) is 19.9 Å². The van der Waals surface area contributed by atoms with Gasteiger partial charge in [0.1, 0.15) is 11.9 Å². The topological polar surface area (TPSA) is 74.7 Å². The van der Waals surface area contributed by atoms with Gasteiger partial charge in [0.05, 0.1) is 5.56 Å². The summed E-state index contributed by atoms with van der Waals surface area (Å²) in [6.45, 7) is 4.58. The first-order valence-electron chi connectivity index (χ1n) is 6.95. The van der Waals surface area contributed by atoms with Gasteiger partial charge < -0.3 is 11.1 Å². The number of hydrogen-bond donors (Lipinski definition) is 2. The molecule has 0 radical (unpaired) electrons. The minimum Gasteiger partial charge on any atom is -0.367 e. The number of nitrogens with zero attached hydrogens (tertiary/aromatic N) is 2. The largest absolute Gasteiger partial charge is 0.367 e. The Bertz CT molecular complexity index is 496. The molecule has 1 aromatic rings. The van der Waals surface area contributed by atoms with Crippen molar-refractivity contribution in [1.29, 1.82) is 5.26 Å². The van der Waals surface area contributed by atoms with Crippen LogP contribution < -0.4 is 11.1 Å². The molecule has 4 nitrogen and oxygen atoms in total. The zero-order valence-electron chi connectivity index (χ0n) is 11.8. The molecule has 1 fully saturated rings. The minimum atomic E-state index is -0.149. The van der Waals surface area contributed by atoms with Gasteiger partial charge in [-0.05, 0) is 38.3 Å². The normalized spacial score (nSPS) is 17.8. The number of anilines is 1. The van der Waals surface area contributed by atoms with Crippen molar-refractivity contribution in [3.05, 3.63) is 22.9 Å². The SMILES string of the molecule is Cc1cc(C)c(C#N)c(NCC2(N)CCCCC2)n1. The monoisotopic (exact) mass is 258 g/mol. The summed E-state index contributed by atoms with van der Waals surface area (Å²) < 4.78 is 0. The number of nitrogens with one attached hydrogen (secondary N) is 1. The number of nitrogens with two attached hydrogens (primary N) is 1. The molecule has 4 heteroatoms. The number of hydrogen-bond acceptors (Lipinski definition) is 4. The van der Waals surface area contributed by atoms with Crippen LogP contribution in [-0.4, -0.2) is 17.1 Å². The molecule has 1 saturated carbocycles. The second-order valence-electron chi connectivity index (χ2n) is 5.69. The zero-order valence-corrected chi connectivity index (χ0v) is 11.8. The lowest BCUT2D eigenvalue weighted by Crippen LogP contribution is -2.47. The van der Waals surface area contributed by atoms with Crippen LogP contribution in [0, 0.1) is 25.2 Å². The fourth-order valence-corrected chi connectivity index (χ4v) is 2.80. The molecule has 0 amide bonds. The van der Waals surface area contributed by atoms with E-state index < -0.39 is 0 Å². The fraction of sp³-hybridized carbons (Fsp3) is 0.600. The number of rotatable bonds is 3. The number of aryl methyl sites for hydroxylation is 2. The van der Waals surface area contributed by atoms with E-state index in [9.17, 15) is 5.26 Å². The van der Waals surface area contributed by atoms with Gasteiger partial charge in [-0.15, -0.1) is 0 Å². The Morgan fingerprint density at radius 1 is 1.37 bits per heavy atom. The molecule has 102 valence electrons. The summed E-state index contributed by atoms with van der Waals surface area (Å²) in [5, 5.41) is 12.5. The smallest absolute Gasteiger partial charge is 0.144 e. The van der Waals surface area contributed by atoms with Gasteiger partial charge in [0, 0.05) is 17.8 Å². The Hall–Kier alpha value is -1.60. The number of nitriles is 1. The van der Waals surface area contributed by atoms with E-state index in [0.29, 0.717) is 17.9 Å². The highest BCUT2D eigenvalue weighted by Gasteiger charge is 2.27. The van der Waals surface area contributed by atoms with Gasteiger partial charge in [-0.1, -0.05) is 19.3 Å². The van der Waals surface area contributed by atoms with Gasteiger partial charge in [-0.3, -0.25) is 0 Å². The Kier molecular flexibility index (Phi) is 4.06. The van der Waals surface area contributed by atoms with Crippen LogP contribution in [-0.2, 0) is 0 Å². The van der Waals surface area contributed by atoms with E-state index in [4.69, 9.17) is 5.73 Å². The summed E-state index contributed by atoms with van der Waals surface area (Å²) in [6.07, 6.45) is 5.77. The Morgan fingerprint density at radius 3 is 2.68 bits per heavy atom. The van der Waals surface area contributed by atoms with Crippen molar-refractivity contribution in [2.75, 3.05) is 11.9 Å². The highest BCUT2D eigenvalue weighted by atomic mass is 15.0. The van der Waals surface area contributed by atoms with Crippen LogP contribution in [0.1, 0.15) is 48.9 Å². The van der Waals surface area contributed by atoms with E-state index >= 15 is 0 Å². The summed E-state index contributed by atoms with van der Waals surface area (Å²) in [7, 11) is 0. The molecule has 1 heterocycles. The van der Waals surface area contributed by atoms with Crippen LogP contribution in [0.25, 0.3) is 0 Å². The predicted molar refractivity (Wildman–Crippen MR) is 76.9 cm³/mol.